The summed E-state index contributed by atoms with van der Waals surface area (Å²) in [6.45, 7) is 1.28. The maximum absolute atomic E-state index is 11.0. The molecule has 0 amide bonds. The second kappa shape index (κ2) is 4.97. The molecule has 96 valence electrons. The number of hydrogen-bond acceptors (Lipinski definition) is 5. The molecule has 0 fully saturated rings. The number of carbonyl (C=O) groups is 1. The van der Waals surface area contributed by atoms with Gasteiger partial charge >= 0.3 is 5.97 Å². The Hall–Kier alpha value is -2.21. The monoisotopic (exact) mass is 248 g/mol. The Kier molecular flexibility index (Phi) is 3.38. The maximum atomic E-state index is 11.0. The molecule has 0 aromatic heterocycles. The first-order valence-corrected chi connectivity index (χ1v) is 5.65. The number of nitrogens with two attached hydrogens (primary N) is 2. The van der Waals surface area contributed by atoms with Crippen molar-refractivity contribution in [1.82, 2.24) is 10.3 Å². The molecule has 0 unspecified atom stereocenters. The minimum Gasteiger partial charge on any atom is -0.476 e. The average Bonchev–Trinajstić information content (AvgIpc) is 2.38. The van der Waals surface area contributed by atoms with E-state index in [0.29, 0.717) is 13.1 Å². The largest absolute Gasteiger partial charge is 0.476 e. The van der Waals surface area contributed by atoms with E-state index < -0.39 is 5.97 Å². The molecule has 0 radical (unpaired) electrons. The Labute approximate surface area is 105 Å². The first-order chi connectivity index (χ1) is 8.63. The van der Waals surface area contributed by atoms with E-state index in [0.717, 1.165) is 12.0 Å². The number of benzene rings is 1. The number of fused-ring (bicyclic) bond motifs is 1. The third kappa shape index (κ3) is 2.23. The highest BCUT2D eigenvalue weighted by atomic mass is 16.4. The van der Waals surface area contributed by atoms with E-state index in [-0.39, 0.29) is 11.5 Å². The van der Waals surface area contributed by atoms with Gasteiger partial charge in [-0.3, -0.25) is 5.84 Å². The Bertz CT molecular complexity index is 499. The number of nitrogens with zero attached hydrogens (tertiary/aromatic N) is 1. The van der Waals surface area contributed by atoms with Gasteiger partial charge in [0.2, 0.25) is 0 Å². The summed E-state index contributed by atoms with van der Waals surface area (Å²) in [5.41, 5.74) is 10.2. The number of hydrazine groups is 1. The molecule has 0 spiro atoms. The van der Waals surface area contributed by atoms with E-state index in [1.165, 1.54) is 5.56 Å². The molecule has 6 N–H and O–H groups in total. The van der Waals surface area contributed by atoms with Crippen molar-refractivity contribution in [2.75, 3.05) is 6.54 Å². The fourth-order valence-electron chi connectivity index (χ4n) is 2.10. The highest BCUT2D eigenvalue weighted by Crippen LogP contribution is 2.20. The van der Waals surface area contributed by atoms with Crippen LogP contribution in [0, 0.1) is 0 Å². The quantitative estimate of drug-likeness (QED) is 0.333. The van der Waals surface area contributed by atoms with Crippen molar-refractivity contribution in [1.29, 1.82) is 0 Å². The van der Waals surface area contributed by atoms with Crippen LogP contribution in [0.1, 0.15) is 11.1 Å². The van der Waals surface area contributed by atoms with Gasteiger partial charge in [0.05, 0.1) is 0 Å². The summed E-state index contributed by atoms with van der Waals surface area (Å²) in [7, 11) is 0. The topological polar surface area (TPSA) is 105 Å². The molecule has 1 heterocycles. The van der Waals surface area contributed by atoms with Gasteiger partial charge in [-0.05, 0) is 17.5 Å². The SMILES string of the molecule is NN/C(C(=O)O)=C(\N)N1CCc2ccccc2C1. The molecule has 1 aliphatic heterocycles. The molecular weight excluding hydrogens is 232 g/mol. The van der Waals surface area contributed by atoms with Gasteiger partial charge in [0, 0.05) is 13.1 Å². The van der Waals surface area contributed by atoms with Crippen LogP contribution in [-0.2, 0) is 17.8 Å². The lowest BCUT2D eigenvalue weighted by atomic mass is 10.00. The first-order valence-electron chi connectivity index (χ1n) is 5.65. The van der Waals surface area contributed by atoms with Crippen LogP contribution in [0.4, 0.5) is 0 Å². The Morgan fingerprint density at radius 1 is 1.33 bits per heavy atom. The van der Waals surface area contributed by atoms with E-state index in [1.54, 1.807) is 0 Å². The second-order valence-corrected chi connectivity index (χ2v) is 4.15. The van der Waals surface area contributed by atoms with Crippen molar-refractivity contribution in [3.63, 3.8) is 0 Å². The lowest BCUT2D eigenvalue weighted by Crippen LogP contribution is -2.39. The number of aliphatic carboxylic acids is 1. The highest BCUT2D eigenvalue weighted by Gasteiger charge is 2.21. The minimum absolute atomic E-state index is 0.166. The van der Waals surface area contributed by atoms with E-state index >= 15 is 0 Å². The molecule has 6 heteroatoms. The van der Waals surface area contributed by atoms with Crippen LogP contribution in [0.25, 0.3) is 0 Å². The fraction of sp³-hybridized carbons (Fsp3) is 0.250. The van der Waals surface area contributed by atoms with Crippen LogP contribution >= 0.6 is 0 Å². The van der Waals surface area contributed by atoms with E-state index in [1.807, 2.05) is 23.1 Å². The molecular formula is C12H16N4O2. The molecule has 0 atom stereocenters. The van der Waals surface area contributed by atoms with Crippen molar-refractivity contribution >= 4 is 5.97 Å². The molecule has 0 bridgehead atoms. The van der Waals surface area contributed by atoms with Gasteiger partial charge in [0.1, 0.15) is 5.82 Å². The minimum atomic E-state index is -1.16. The predicted molar refractivity (Wildman–Crippen MR) is 66.7 cm³/mol. The summed E-state index contributed by atoms with van der Waals surface area (Å²) in [6.07, 6.45) is 0.842. The molecule has 18 heavy (non-hydrogen) atoms. The summed E-state index contributed by atoms with van der Waals surface area (Å²) in [5, 5.41) is 8.96. The number of carboxylic acids is 1. The van der Waals surface area contributed by atoms with Gasteiger partial charge in [0.15, 0.2) is 5.70 Å². The number of hydrogen-bond donors (Lipinski definition) is 4. The highest BCUT2D eigenvalue weighted by molar-refractivity contribution is 5.86. The molecule has 1 aliphatic rings. The van der Waals surface area contributed by atoms with Crippen molar-refractivity contribution in [2.45, 2.75) is 13.0 Å². The average molecular weight is 248 g/mol. The first kappa shape index (κ1) is 12.3. The van der Waals surface area contributed by atoms with Crippen molar-refractivity contribution < 1.29 is 9.90 Å². The van der Waals surface area contributed by atoms with Crippen molar-refractivity contribution in [2.24, 2.45) is 11.6 Å². The smallest absolute Gasteiger partial charge is 0.357 e. The van der Waals surface area contributed by atoms with E-state index in [4.69, 9.17) is 16.7 Å². The number of carboxylic acid groups (broad SMARTS) is 1. The standard InChI is InChI=1S/C12H16N4O2/c13-11(10(15-14)12(17)18)16-6-5-8-3-1-2-4-9(8)7-16/h1-4,15H,5-7,13-14H2,(H,17,18)/b11-10+. The normalized spacial score (nSPS) is 15.7. The molecule has 0 aliphatic carbocycles. The summed E-state index contributed by atoms with van der Waals surface area (Å²) in [5.74, 6) is 4.19. The van der Waals surface area contributed by atoms with Crippen LogP contribution in [0.5, 0.6) is 0 Å². The van der Waals surface area contributed by atoms with Crippen LogP contribution in [0.3, 0.4) is 0 Å². The molecule has 1 aromatic carbocycles. The van der Waals surface area contributed by atoms with E-state index in [2.05, 4.69) is 11.5 Å². The van der Waals surface area contributed by atoms with E-state index in [9.17, 15) is 4.79 Å². The molecule has 6 nitrogen and oxygen atoms in total. The fourth-order valence-corrected chi connectivity index (χ4v) is 2.10. The van der Waals surface area contributed by atoms with Crippen molar-refractivity contribution in [3.05, 3.63) is 46.9 Å². The summed E-state index contributed by atoms with van der Waals surface area (Å²) < 4.78 is 0. The Morgan fingerprint density at radius 2 is 2.00 bits per heavy atom. The molecule has 0 saturated carbocycles. The molecule has 2 rings (SSSR count). The molecule has 1 aromatic rings. The van der Waals surface area contributed by atoms with Gasteiger partial charge in [-0.15, -0.1) is 0 Å². The number of rotatable bonds is 3. The predicted octanol–water partition coefficient (Wildman–Crippen LogP) is -0.280. The third-order valence-electron chi connectivity index (χ3n) is 3.09. The van der Waals surface area contributed by atoms with Gasteiger partial charge in [-0.1, -0.05) is 24.3 Å². The van der Waals surface area contributed by atoms with Gasteiger partial charge in [0.25, 0.3) is 0 Å². The van der Waals surface area contributed by atoms with Crippen LogP contribution < -0.4 is 17.0 Å². The zero-order valence-electron chi connectivity index (χ0n) is 9.89. The van der Waals surface area contributed by atoms with Crippen LogP contribution in [0.2, 0.25) is 0 Å². The van der Waals surface area contributed by atoms with Crippen molar-refractivity contribution in [3.8, 4) is 0 Å². The second-order valence-electron chi connectivity index (χ2n) is 4.15. The van der Waals surface area contributed by atoms with Crippen LogP contribution in [-0.4, -0.2) is 22.5 Å². The lowest BCUT2D eigenvalue weighted by Gasteiger charge is -2.31. The summed E-state index contributed by atoms with van der Waals surface area (Å²) >= 11 is 0. The lowest BCUT2D eigenvalue weighted by molar-refractivity contribution is -0.133. The number of nitrogens with one attached hydrogen (secondary N) is 1. The van der Waals surface area contributed by atoms with Gasteiger partial charge in [-0.25, -0.2) is 4.79 Å². The third-order valence-corrected chi connectivity index (χ3v) is 3.09. The Morgan fingerprint density at radius 3 is 2.61 bits per heavy atom. The molecule has 0 saturated heterocycles. The van der Waals surface area contributed by atoms with Gasteiger partial charge < -0.3 is 21.2 Å². The van der Waals surface area contributed by atoms with Crippen LogP contribution in [0.15, 0.2) is 35.8 Å². The maximum Gasteiger partial charge on any atom is 0.357 e. The van der Waals surface area contributed by atoms with Gasteiger partial charge in [-0.2, -0.15) is 0 Å². The zero-order chi connectivity index (χ0) is 13.1. The summed E-state index contributed by atoms with van der Waals surface area (Å²) in [4.78, 5) is 12.8. The zero-order valence-corrected chi connectivity index (χ0v) is 9.89. The Balaban J connectivity index is 2.25. The summed E-state index contributed by atoms with van der Waals surface area (Å²) in [6, 6.07) is 8.05.